The third-order valence-corrected chi connectivity index (χ3v) is 3.92. The van der Waals surface area contributed by atoms with E-state index in [1.807, 2.05) is 0 Å². The summed E-state index contributed by atoms with van der Waals surface area (Å²) in [6.07, 6.45) is 3.28. The van der Waals surface area contributed by atoms with Crippen molar-refractivity contribution in [2.24, 2.45) is 5.92 Å². The Morgan fingerprint density at radius 2 is 2.25 bits per heavy atom. The van der Waals surface area contributed by atoms with E-state index in [0.29, 0.717) is 24.7 Å². The third kappa shape index (κ3) is 1.12. The van der Waals surface area contributed by atoms with Crippen LogP contribution in [0.15, 0.2) is 0 Å². The molecule has 0 aromatic carbocycles. The van der Waals surface area contributed by atoms with Crippen LogP contribution in [0.4, 0.5) is 0 Å². The average molecular weight is 222 g/mol. The summed E-state index contributed by atoms with van der Waals surface area (Å²) >= 11 is 0. The number of carboxylic acids is 1. The lowest BCUT2D eigenvalue weighted by atomic mass is 9.76. The molecule has 0 aliphatic heterocycles. The summed E-state index contributed by atoms with van der Waals surface area (Å²) in [5.41, 5.74) is -0.860. The van der Waals surface area contributed by atoms with E-state index in [1.165, 1.54) is 0 Å². The molecule has 6 heteroatoms. The number of rotatable bonds is 3. The van der Waals surface area contributed by atoms with Gasteiger partial charge >= 0.3 is 5.97 Å². The number of aromatic nitrogens is 4. The molecule has 86 valence electrons. The fourth-order valence-electron chi connectivity index (χ4n) is 2.44. The van der Waals surface area contributed by atoms with Gasteiger partial charge in [-0.3, -0.25) is 0 Å². The van der Waals surface area contributed by atoms with Crippen molar-refractivity contribution in [2.75, 3.05) is 0 Å². The summed E-state index contributed by atoms with van der Waals surface area (Å²) in [6.45, 7) is 2.14. The second-order valence-corrected chi connectivity index (χ2v) is 4.96. The Bertz CT molecular complexity index is 438. The molecule has 0 spiro atoms. The van der Waals surface area contributed by atoms with E-state index in [0.717, 1.165) is 18.7 Å². The molecule has 0 saturated heterocycles. The van der Waals surface area contributed by atoms with Gasteiger partial charge in [0.05, 0.1) is 0 Å². The predicted molar refractivity (Wildman–Crippen MR) is 53.8 cm³/mol. The average Bonchev–Trinajstić information content (AvgIpc) is 2.71. The van der Waals surface area contributed by atoms with E-state index in [2.05, 4.69) is 22.4 Å². The number of aliphatic carboxylic acids is 1. The van der Waals surface area contributed by atoms with E-state index in [9.17, 15) is 9.90 Å². The first-order chi connectivity index (χ1) is 7.65. The van der Waals surface area contributed by atoms with Gasteiger partial charge in [-0.1, -0.05) is 6.92 Å². The van der Waals surface area contributed by atoms with Gasteiger partial charge < -0.3 is 5.11 Å². The second kappa shape index (κ2) is 3.02. The number of hydrogen-bond donors (Lipinski definition) is 1. The highest BCUT2D eigenvalue weighted by molar-refractivity contribution is 5.77. The molecule has 2 atom stereocenters. The van der Waals surface area contributed by atoms with Crippen LogP contribution in [-0.4, -0.2) is 31.3 Å². The van der Waals surface area contributed by atoms with Crippen LogP contribution >= 0.6 is 0 Å². The third-order valence-electron chi connectivity index (χ3n) is 3.92. The summed E-state index contributed by atoms with van der Waals surface area (Å²) in [4.78, 5) is 11.4. The Labute approximate surface area is 92.6 Å². The summed E-state index contributed by atoms with van der Waals surface area (Å²) in [6, 6.07) is 0. The zero-order chi connectivity index (χ0) is 11.3. The molecule has 2 aliphatic carbocycles. The molecule has 0 radical (unpaired) electrons. The SMILES string of the molecule is CC1CC1c1nnnn1C1(C(=O)O)CCC1. The molecular formula is C10H14N4O2. The summed E-state index contributed by atoms with van der Waals surface area (Å²) in [7, 11) is 0. The normalized spacial score (nSPS) is 30.8. The lowest BCUT2D eigenvalue weighted by Crippen LogP contribution is -2.49. The van der Waals surface area contributed by atoms with Gasteiger partial charge in [0.1, 0.15) is 0 Å². The molecule has 16 heavy (non-hydrogen) atoms. The van der Waals surface area contributed by atoms with E-state index >= 15 is 0 Å². The van der Waals surface area contributed by atoms with Crippen LogP contribution in [0.2, 0.25) is 0 Å². The molecular weight excluding hydrogens is 208 g/mol. The van der Waals surface area contributed by atoms with Gasteiger partial charge in [-0.25, -0.2) is 9.48 Å². The van der Waals surface area contributed by atoms with Crippen LogP contribution in [0.3, 0.4) is 0 Å². The monoisotopic (exact) mass is 222 g/mol. The van der Waals surface area contributed by atoms with Gasteiger partial charge in [-0.15, -0.1) is 5.10 Å². The van der Waals surface area contributed by atoms with Gasteiger partial charge in [-0.05, 0) is 42.0 Å². The number of carbonyl (C=O) groups is 1. The summed E-state index contributed by atoms with van der Waals surface area (Å²) in [5, 5.41) is 20.9. The van der Waals surface area contributed by atoms with Crippen molar-refractivity contribution >= 4 is 5.97 Å². The maximum Gasteiger partial charge on any atom is 0.331 e. The van der Waals surface area contributed by atoms with Gasteiger partial charge in [0.25, 0.3) is 0 Å². The molecule has 1 aromatic rings. The number of hydrogen-bond acceptors (Lipinski definition) is 4. The highest BCUT2D eigenvalue weighted by Gasteiger charge is 2.51. The van der Waals surface area contributed by atoms with Crippen LogP contribution in [0.1, 0.15) is 44.3 Å². The quantitative estimate of drug-likeness (QED) is 0.816. The smallest absolute Gasteiger partial charge is 0.331 e. The fourth-order valence-corrected chi connectivity index (χ4v) is 2.44. The Balaban J connectivity index is 1.99. The first-order valence-electron chi connectivity index (χ1n) is 5.67. The molecule has 0 amide bonds. The number of carboxylic acid groups (broad SMARTS) is 1. The van der Waals surface area contributed by atoms with Crippen molar-refractivity contribution < 1.29 is 9.90 Å². The first kappa shape index (κ1) is 9.74. The Morgan fingerprint density at radius 3 is 2.69 bits per heavy atom. The Hall–Kier alpha value is -1.46. The second-order valence-electron chi connectivity index (χ2n) is 4.96. The topological polar surface area (TPSA) is 80.9 Å². The summed E-state index contributed by atoms with van der Waals surface area (Å²) in [5.74, 6) is 0.887. The van der Waals surface area contributed by atoms with E-state index in [1.54, 1.807) is 4.68 Å². The van der Waals surface area contributed by atoms with Crippen molar-refractivity contribution in [1.82, 2.24) is 20.2 Å². The minimum absolute atomic E-state index is 0.354. The zero-order valence-corrected chi connectivity index (χ0v) is 9.13. The minimum Gasteiger partial charge on any atom is -0.479 e. The molecule has 0 bridgehead atoms. The van der Waals surface area contributed by atoms with Gasteiger partial charge in [0.15, 0.2) is 11.4 Å². The van der Waals surface area contributed by atoms with Gasteiger partial charge in [0.2, 0.25) is 0 Å². The van der Waals surface area contributed by atoms with Crippen LogP contribution in [0, 0.1) is 5.92 Å². The van der Waals surface area contributed by atoms with Crippen LogP contribution in [0.5, 0.6) is 0 Å². The lowest BCUT2D eigenvalue weighted by Gasteiger charge is -2.37. The van der Waals surface area contributed by atoms with Crippen LogP contribution in [0.25, 0.3) is 0 Å². The standard InChI is InChI=1S/C10H14N4O2/c1-6-5-7(6)8-11-12-13-14(8)10(9(15)16)3-2-4-10/h6-7H,2-5H2,1H3,(H,15,16). The zero-order valence-electron chi connectivity index (χ0n) is 9.13. The maximum absolute atomic E-state index is 11.4. The fraction of sp³-hybridized carbons (Fsp3) is 0.800. The molecule has 1 heterocycles. The van der Waals surface area contributed by atoms with Gasteiger partial charge in [-0.2, -0.15) is 0 Å². The summed E-state index contributed by atoms with van der Waals surface area (Å²) < 4.78 is 1.56. The predicted octanol–water partition coefficient (Wildman–Crippen LogP) is 0.760. The van der Waals surface area contributed by atoms with Crippen molar-refractivity contribution in [2.45, 2.75) is 44.1 Å². The molecule has 2 aliphatic rings. The highest BCUT2D eigenvalue weighted by Crippen LogP contribution is 2.48. The van der Waals surface area contributed by atoms with Crippen molar-refractivity contribution in [3.63, 3.8) is 0 Å². The Kier molecular flexibility index (Phi) is 1.84. The van der Waals surface area contributed by atoms with Crippen molar-refractivity contribution in [1.29, 1.82) is 0 Å². The molecule has 3 rings (SSSR count). The van der Waals surface area contributed by atoms with E-state index < -0.39 is 11.5 Å². The maximum atomic E-state index is 11.4. The molecule has 1 N–H and O–H groups in total. The molecule has 6 nitrogen and oxygen atoms in total. The molecule has 2 unspecified atom stereocenters. The first-order valence-corrected chi connectivity index (χ1v) is 5.67. The van der Waals surface area contributed by atoms with Crippen molar-refractivity contribution in [3.05, 3.63) is 5.82 Å². The number of tetrazole rings is 1. The molecule has 2 fully saturated rings. The largest absolute Gasteiger partial charge is 0.479 e. The highest BCUT2D eigenvalue weighted by atomic mass is 16.4. The lowest BCUT2D eigenvalue weighted by molar-refractivity contribution is -0.153. The molecule has 1 aromatic heterocycles. The molecule has 2 saturated carbocycles. The van der Waals surface area contributed by atoms with Crippen LogP contribution < -0.4 is 0 Å². The van der Waals surface area contributed by atoms with Crippen LogP contribution in [-0.2, 0) is 10.3 Å². The van der Waals surface area contributed by atoms with Gasteiger partial charge in [0, 0.05) is 5.92 Å². The minimum atomic E-state index is -0.860. The van der Waals surface area contributed by atoms with E-state index in [4.69, 9.17) is 0 Å². The number of nitrogens with zero attached hydrogens (tertiary/aromatic N) is 4. The van der Waals surface area contributed by atoms with Crippen molar-refractivity contribution in [3.8, 4) is 0 Å². The van der Waals surface area contributed by atoms with E-state index in [-0.39, 0.29) is 0 Å². The Morgan fingerprint density at radius 1 is 1.56 bits per heavy atom.